The van der Waals surface area contributed by atoms with E-state index < -0.39 is 0 Å². The van der Waals surface area contributed by atoms with Gasteiger partial charge < -0.3 is 20.5 Å². The van der Waals surface area contributed by atoms with E-state index in [0.29, 0.717) is 17.9 Å². The second kappa shape index (κ2) is 9.05. The Morgan fingerprint density at radius 2 is 1.79 bits per heavy atom. The third-order valence-corrected chi connectivity index (χ3v) is 3.74. The van der Waals surface area contributed by atoms with Crippen molar-refractivity contribution in [3.05, 3.63) is 60.2 Å². The van der Waals surface area contributed by atoms with E-state index in [4.69, 9.17) is 4.74 Å². The van der Waals surface area contributed by atoms with Crippen LogP contribution in [0, 0.1) is 0 Å². The Kier molecular flexibility index (Phi) is 6.78. The van der Waals surface area contributed by atoms with Gasteiger partial charge in [-0.1, -0.05) is 42.5 Å². The van der Waals surface area contributed by atoms with Crippen molar-refractivity contribution < 1.29 is 14.6 Å². The van der Waals surface area contributed by atoms with Crippen LogP contribution in [0.2, 0.25) is 0 Å². The highest BCUT2D eigenvalue weighted by Gasteiger charge is 2.16. The third-order valence-electron chi connectivity index (χ3n) is 3.74. The first-order chi connectivity index (χ1) is 11.6. The second-order valence-electron chi connectivity index (χ2n) is 5.67. The molecule has 2 aromatic rings. The van der Waals surface area contributed by atoms with Gasteiger partial charge in [0.25, 0.3) is 0 Å². The molecule has 0 saturated heterocycles. The minimum Gasteiger partial charge on any atom is -0.495 e. The number of aliphatic hydroxyl groups excluding tert-OH is 1. The van der Waals surface area contributed by atoms with Crippen LogP contribution in [0.15, 0.2) is 54.6 Å². The number of hydrogen-bond acceptors (Lipinski definition) is 4. The molecular weight excluding hydrogens is 304 g/mol. The number of para-hydroxylation sites is 2. The van der Waals surface area contributed by atoms with E-state index in [1.54, 1.807) is 19.2 Å². The molecule has 2 aromatic carbocycles. The molecule has 0 aliphatic carbocycles. The summed E-state index contributed by atoms with van der Waals surface area (Å²) in [7, 11) is 1.57. The summed E-state index contributed by atoms with van der Waals surface area (Å²) in [5, 5.41) is 15.7. The summed E-state index contributed by atoms with van der Waals surface area (Å²) < 4.78 is 5.23. The lowest BCUT2D eigenvalue weighted by Gasteiger charge is -2.22. The van der Waals surface area contributed by atoms with Crippen molar-refractivity contribution >= 4 is 11.6 Å². The molecule has 0 bridgehead atoms. The van der Waals surface area contributed by atoms with Crippen molar-refractivity contribution in [2.45, 2.75) is 25.4 Å². The summed E-state index contributed by atoms with van der Waals surface area (Å²) in [6.07, 6.45) is 0.293. The van der Waals surface area contributed by atoms with Gasteiger partial charge in [0.2, 0.25) is 5.91 Å². The first kappa shape index (κ1) is 18.0. The van der Waals surface area contributed by atoms with Crippen LogP contribution in [0.1, 0.15) is 24.9 Å². The molecule has 128 valence electrons. The highest BCUT2D eigenvalue weighted by Crippen LogP contribution is 2.23. The lowest BCUT2D eigenvalue weighted by Crippen LogP contribution is -2.35. The predicted octanol–water partition coefficient (Wildman–Crippen LogP) is 2.74. The van der Waals surface area contributed by atoms with Gasteiger partial charge in [0.15, 0.2) is 0 Å². The van der Waals surface area contributed by atoms with Gasteiger partial charge in [-0.05, 0) is 24.6 Å². The molecule has 2 rings (SSSR count). The van der Waals surface area contributed by atoms with E-state index in [1.165, 1.54) is 0 Å². The van der Waals surface area contributed by atoms with Crippen LogP contribution in [-0.2, 0) is 4.79 Å². The summed E-state index contributed by atoms with van der Waals surface area (Å²) in [4.78, 5) is 12.2. The van der Waals surface area contributed by atoms with E-state index in [0.717, 1.165) is 5.56 Å². The Morgan fingerprint density at radius 1 is 1.12 bits per heavy atom. The Bertz CT molecular complexity index is 646. The van der Waals surface area contributed by atoms with Crippen molar-refractivity contribution in [2.75, 3.05) is 19.0 Å². The summed E-state index contributed by atoms with van der Waals surface area (Å²) >= 11 is 0. The van der Waals surface area contributed by atoms with Crippen LogP contribution in [-0.4, -0.2) is 30.8 Å². The molecule has 0 aromatic heterocycles. The Labute approximate surface area is 142 Å². The van der Waals surface area contributed by atoms with Gasteiger partial charge in [-0.25, -0.2) is 0 Å². The average Bonchev–Trinajstić information content (AvgIpc) is 2.60. The minimum atomic E-state index is -0.194. The zero-order chi connectivity index (χ0) is 17.4. The van der Waals surface area contributed by atoms with Gasteiger partial charge in [-0.15, -0.1) is 0 Å². The number of hydrogen-bond donors (Lipinski definition) is 3. The maximum atomic E-state index is 12.2. The highest BCUT2D eigenvalue weighted by molar-refractivity contribution is 5.92. The molecule has 0 heterocycles. The monoisotopic (exact) mass is 328 g/mol. The quantitative estimate of drug-likeness (QED) is 0.697. The normalized spacial score (nSPS) is 13.1. The largest absolute Gasteiger partial charge is 0.495 e. The second-order valence-corrected chi connectivity index (χ2v) is 5.67. The molecule has 2 atom stereocenters. The number of anilines is 1. The molecule has 1 amide bonds. The molecule has 0 unspecified atom stereocenters. The zero-order valence-electron chi connectivity index (χ0n) is 14.0. The SMILES string of the molecule is COc1ccccc1NC(=O)C[C@H](C)N[C@H](CO)c1ccccc1. The summed E-state index contributed by atoms with van der Waals surface area (Å²) in [5.41, 5.74) is 1.65. The van der Waals surface area contributed by atoms with Gasteiger partial charge in [0, 0.05) is 12.5 Å². The van der Waals surface area contributed by atoms with Gasteiger partial charge in [0.1, 0.15) is 5.75 Å². The number of methoxy groups -OCH3 is 1. The number of carbonyl (C=O) groups is 1. The maximum absolute atomic E-state index is 12.2. The maximum Gasteiger partial charge on any atom is 0.226 e. The molecule has 0 saturated carbocycles. The van der Waals surface area contributed by atoms with Crippen molar-refractivity contribution in [1.82, 2.24) is 5.32 Å². The van der Waals surface area contributed by atoms with Gasteiger partial charge in [0.05, 0.1) is 25.4 Å². The van der Waals surface area contributed by atoms with Crippen LogP contribution in [0.3, 0.4) is 0 Å². The summed E-state index contributed by atoms with van der Waals surface area (Å²) in [6, 6.07) is 16.7. The number of rotatable bonds is 8. The van der Waals surface area contributed by atoms with E-state index >= 15 is 0 Å². The van der Waals surface area contributed by atoms with Crippen LogP contribution < -0.4 is 15.4 Å². The summed E-state index contributed by atoms with van der Waals surface area (Å²) in [6.45, 7) is 1.90. The molecule has 0 radical (unpaired) electrons. The first-order valence-electron chi connectivity index (χ1n) is 7.98. The third kappa shape index (κ3) is 5.08. The zero-order valence-corrected chi connectivity index (χ0v) is 14.0. The van der Waals surface area contributed by atoms with Crippen molar-refractivity contribution in [3.8, 4) is 5.75 Å². The van der Waals surface area contributed by atoms with Crippen LogP contribution in [0.5, 0.6) is 5.75 Å². The van der Waals surface area contributed by atoms with Gasteiger partial charge >= 0.3 is 0 Å². The number of aliphatic hydroxyl groups is 1. The van der Waals surface area contributed by atoms with Gasteiger partial charge in [-0.2, -0.15) is 0 Å². The Morgan fingerprint density at radius 3 is 2.46 bits per heavy atom. The van der Waals surface area contributed by atoms with Crippen LogP contribution in [0.25, 0.3) is 0 Å². The van der Waals surface area contributed by atoms with Crippen molar-refractivity contribution in [3.63, 3.8) is 0 Å². The Balaban J connectivity index is 1.91. The number of benzene rings is 2. The fraction of sp³-hybridized carbons (Fsp3) is 0.316. The average molecular weight is 328 g/mol. The fourth-order valence-corrected chi connectivity index (χ4v) is 2.57. The molecule has 3 N–H and O–H groups in total. The number of nitrogens with one attached hydrogen (secondary N) is 2. The van der Waals surface area contributed by atoms with Crippen LogP contribution >= 0.6 is 0 Å². The predicted molar refractivity (Wildman–Crippen MR) is 95.1 cm³/mol. The molecule has 24 heavy (non-hydrogen) atoms. The number of amides is 1. The standard InChI is InChI=1S/C19H24N2O3/c1-14(20-17(13-22)15-8-4-3-5-9-15)12-19(23)21-16-10-6-7-11-18(16)24-2/h3-11,14,17,20,22H,12-13H2,1-2H3,(H,21,23)/t14-,17+/m0/s1. The minimum absolute atomic E-state index is 0.0253. The molecule has 0 spiro atoms. The highest BCUT2D eigenvalue weighted by atomic mass is 16.5. The lowest BCUT2D eigenvalue weighted by atomic mass is 10.1. The van der Waals surface area contributed by atoms with E-state index in [1.807, 2.05) is 49.4 Å². The number of ether oxygens (including phenoxy) is 1. The first-order valence-corrected chi connectivity index (χ1v) is 7.98. The molecule has 0 fully saturated rings. The molecule has 5 heteroatoms. The van der Waals surface area contributed by atoms with E-state index in [2.05, 4.69) is 10.6 Å². The molecule has 0 aliphatic heterocycles. The lowest BCUT2D eigenvalue weighted by molar-refractivity contribution is -0.116. The molecule has 0 aliphatic rings. The Hall–Kier alpha value is -2.37. The van der Waals surface area contributed by atoms with Crippen molar-refractivity contribution in [1.29, 1.82) is 0 Å². The molecular formula is C19H24N2O3. The van der Waals surface area contributed by atoms with Crippen molar-refractivity contribution in [2.24, 2.45) is 0 Å². The summed E-state index contributed by atoms with van der Waals surface area (Å²) in [5.74, 6) is 0.522. The van der Waals surface area contributed by atoms with E-state index in [-0.39, 0.29) is 24.6 Å². The number of carbonyl (C=O) groups excluding carboxylic acids is 1. The van der Waals surface area contributed by atoms with E-state index in [9.17, 15) is 9.90 Å². The topological polar surface area (TPSA) is 70.6 Å². The van der Waals surface area contributed by atoms with Gasteiger partial charge in [-0.3, -0.25) is 4.79 Å². The van der Waals surface area contributed by atoms with Crippen LogP contribution in [0.4, 0.5) is 5.69 Å². The molecule has 5 nitrogen and oxygen atoms in total. The fourth-order valence-electron chi connectivity index (χ4n) is 2.57. The smallest absolute Gasteiger partial charge is 0.226 e.